The van der Waals surface area contributed by atoms with Crippen molar-refractivity contribution in [3.05, 3.63) is 70.0 Å². The molecule has 3 aromatic rings. The normalized spacial score (nSPS) is 19.6. The van der Waals surface area contributed by atoms with Gasteiger partial charge in [-0.25, -0.2) is 0 Å². The quantitative estimate of drug-likeness (QED) is 0.406. The number of aryl methyl sites for hydroxylation is 1. The van der Waals surface area contributed by atoms with E-state index in [2.05, 4.69) is 17.6 Å². The zero-order valence-electron chi connectivity index (χ0n) is 21.5. The molecule has 2 heterocycles. The fraction of sp³-hybridized carbons (Fsp3) is 0.464. The molecular formula is C28H33BClN3O3. The number of ether oxygens (including phenoxy) is 2. The van der Waals surface area contributed by atoms with E-state index in [1.807, 2.05) is 64.2 Å². The molecule has 0 spiro atoms. The maximum absolute atomic E-state index is 13.0. The number of fused-ring (bicyclic) bond motifs is 3. The molecule has 8 heteroatoms. The van der Waals surface area contributed by atoms with Gasteiger partial charge in [0.2, 0.25) is 0 Å². The number of rotatable bonds is 3. The number of carbonyl (C=O) groups is 1. The second-order valence-electron chi connectivity index (χ2n) is 10.9. The summed E-state index contributed by atoms with van der Waals surface area (Å²) in [7, 11) is 1.91. The molecule has 2 aromatic carbocycles. The number of aromatic nitrogens is 2. The Hall–Kier alpha value is -2.80. The molecule has 0 atom stereocenters. The molecule has 5 rings (SSSR count). The van der Waals surface area contributed by atoms with Gasteiger partial charge >= 0.3 is 219 Å². The predicted molar refractivity (Wildman–Crippen MR) is 142 cm³/mol. The Morgan fingerprint density at radius 1 is 1.08 bits per heavy atom. The molecule has 1 saturated carbocycles. The Morgan fingerprint density at radius 2 is 1.83 bits per heavy atom. The van der Waals surface area contributed by atoms with Gasteiger partial charge in [0.25, 0.3) is 0 Å². The van der Waals surface area contributed by atoms with Gasteiger partial charge in [-0.05, 0) is 0 Å². The summed E-state index contributed by atoms with van der Waals surface area (Å²) in [6.45, 7) is 8.60. The Labute approximate surface area is 218 Å². The van der Waals surface area contributed by atoms with E-state index in [1.54, 1.807) is 4.90 Å². The van der Waals surface area contributed by atoms with Gasteiger partial charge < -0.3 is 0 Å². The van der Waals surface area contributed by atoms with Crippen molar-refractivity contribution in [2.45, 2.75) is 84.1 Å². The van der Waals surface area contributed by atoms with E-state index in [9.17, 15) is 4.79 Å². The summed E-state index contributed by atoms with van der Waals surface area (Å²) in [5.41, 5.74) is 3.61. The van der Waals surface area contributed by atoms with Gasteiger partial charge in [0.1, 0.15) is 0 Å². The number of hydrogen-bond donors (Lipinski definition) is 0. The average molecular weight is 506 g/mol. The molecule has 0 radical (unpaired) electrons. The third kappa shape index (κ3) is 5.31. The van der Waals surface area contributed by atoms with Crippen LogP contribution in [0.4, 0.5) is 4.79 Å². The number of halogens is 1. The predicted octanol–water partition coefficient (Wildman–Crippen LogP) is 6.53. The van der Waals surface area contributed by atoms with Gasteiger partial charge in [-0.15, -0.1) is 0 Å². The zero-order valence-corrected chi connectivity index (χ0v) is 22.2. The molecule has 188 valence electrons. The van der Waals surface area contributed by atoms with E-state index in [1.165, 1.54) is 5.56 Å². The van der Waals surface area contributed by atoms with Crippen LogP contribution in [0.15, 0.2) is 42.5 Å². The molecule has 1 fully saturated rings. The second-order valence-corrected chi connectivity index (χ2v) is 11.3. The van der Waals surface area contributed by atoms with Crippen LogP contribution in [0.3, 0.4) is 0 Å². The summed E-state index contributed by atoms with van der Waals surface area (Å²) < 4.78 is 14.3. The van der Waals surface area contributed by atoms with Crippen molar-refractivity contribution in [1.29, 1.82) is 0 Å². The van der Waals surface area contributed by atoms with E-state index >= 15 is 0 Å². The van der Waals surface area contributed by atoms with Crippen molar-refractivity contribution in [3.63, 3.8) is 0 Å². The minimum absolute atomic E-state index is 0.217. The first-order chi connectivity index (χ1) is 17.2. The number of benzene rings is 2. The van der Waals surface area contributed by atoms with Gasteiger partial charge in [0, 0.05) is 0 Å². The fourth-order valence-corrected chi connectivity index (χ4v) is 5.39. The molecular weight excluding hydrogens is 473 g/mol. The molecule has 0 N–H and O–H groups in total. The average Bonchev–Trinajstić information content (AvgIpc) is 3.15. The zero-order chi connectivity index (χ0) is 25.4. The van der Waals surface area contributed by atoms with Gasteiger partial charge in [-0.1, -0.05) is 0 Å². The van der Waals surface area contributed by atoms with E-state index in [0.29, 0.717) is 24.0 Å². The van der Waals surface area contributed by atoms with Crippen molar-refractivity contribution < 1.29 is 14.3 Å². The number of para-hydroxylation sites is 1. The van der Waals surface area contributed by atoms with Crippen molar-refractivity contribution >= 4 is 24.7 Å². The Balaban J connectivity index is 1.39. The number of amides is 1. The second kappa shape index (κ2) is 9.93. The van der Waals surface area contributed by atoms with Crippen LogP contribution in [0.5, 0.6) is 5.75 Å². The van der Waals surface area contributed by atoms with Crippen LogP contribution >= 0.6 is 11.6 Å². The fourth-order valence-electron chi connectivity index (χ4n) is 5.20. The van der Waals surface area contributed by atoms with E-state index in [4.69, 9.17) is 26.0 Å². The van der Waals surface area contributed by atoms with Crippen LogP contribution in [0.25, 0.3) is 5.69 Å². The molecule has 0 bridgehead atoms. The topological polar surface area (TPSA) is 56.6 Å². The molecule has 1 aliphatic heterocycles. The molecule has 6 nitrogen and oxygen atoms in total. The van der Waals surface area contributed by atoms with Crippen LogP contribution in [-0.2, 0) is 17.8 Å². The Morgan fingerprint density at radius 3 is 2.56 bits per heavy atom. The van der Waals surface area contributed by atoms with Gasteiger partial charge in [0.15, 0.2) is 0 Å². The van der Waals surface area contributed by atoms with Crippen LogP contribution < -0.4 is 4.74 Å². The molecule has 1 aromatic heterocycles. The molecule has 36 heavy (non-hydrogen) atoms. The van der Waals surface area contributed by atoms with Crippen LogP contribution in [0, 0.1) is 6.92 Å². The molecule has 2 aliphatic rings. The summed E-state index contributed by atoms with van der Waals surface area (Å²) in [6, 6.07) is 14.1. The SMILES string of the molecule is Cc1ccccc1OC1CCC(c2nbc3n2-c2ccc(Cl)cc2CN(C(=O)OC(C)(C)C)C3)CC1. The van der Waals surface area contributed by atoms with Gasteiger partial charge in [0.05, 0.1) is 0 Å². The summed E-state index contributed by atoms with van der Waals surface area (Å²) in [4.78, 5) is 19.6. The van der Waals surface area contributed by atoms with Crippen LogP contribution in [-0.4, -0.2) is 39.2 Å². The molecule has 0 saturated heterocycles. The molecule has 1 aliphatic carbocycles. The van der Waals surface area contributed by atoms with E-state index in [-0.39, 0.29) is 12.2 Å². The molecule has 1 amide bonds. The molecule has 0 unspecified atom stereocenters. The third-order valence-electron chi connectivity index (χ3n) is 6.94. The van der Waals surface area contributed by atoms with Crippen molar-refractivity contribution in [2.24, 2.45) is 0 Å². The van der Waals surface area contributed by atoms with E-state index in [0.717, 1.165) is 54.1 Å². The summed E-state index contributed by atoms with van der Waals surface area (Å²) >= 11 is 6.37. The summed E-state index contributed by atoms with van der Waals surface area (Å²) in [5.74, 6) is 2.35. The van der Waals surface area contributed by atoms with Crippen molar-refractivity contribution in [1.82, 2.24) is 14.4 Å². The standard InChI is InChI=1S/C28H33BClN3O3/c1-18-7-5-6-8-24(18)35-22-12-9-19(10-13-22)26-31-29-25-17-32(27(34)36-28(2,3)4)16-20-15-21(30)11-14-23(20)33(25)26/h5-8,11,14-15,19,22H,9-10,12-13,16-17H2,1-4H3. The van der Waals surface area contributed by atoms with Crippen molar-refractivity contribution in [2.75, 3.05) is 0 Å². The maximum atomic E-state index is 13.0. The number of hydrogen-bond acceptors (Lipinski definition) is 4. The summed E-state index contributed by atoms with van der Waals surface area (Å²) in [6.07, 6.45) is 3.86. The minimum atomic E-state index is -0.565. The van der Waals surface area contributed by atoms with Gasteiger partial charge in [-0.3, -0.25) is 0 Å². The first kappa shape index (κ1) is 24.9. The monoisotopic (exact) mass is 505 g/mol. The van der Waals surface area contributed by atoms with Crippen LogP contribution in [0.2, 0.25) is 5.02 Å². The first-order valence-electron chi connectivity index (χ1n) is 12.7. The van der Waals surface area contributed by atoms with Crippen molar-refractivity contribution in [3.8, 4) is 11.4 Å². The van der Waals surface area contributed by atoms with Crippen LogP contribution in [0.1, 0.15) is 74.9 Å². The van der Waals surface area contributed by atoms with Gasteiger partial charge in [-0.2, -0.15) is 0 Å². The Kier molecular flexibility index (Phi) is 6.86. The number of carbonyl (C=O) groups excluding carboxylic acids is 1. The Bertz CT molecular complexity index is 1260. The third-order valence-corrected chi connectivity index (χ3v) is 7.17. The summed E-state index contributed by atoms with van der Waals surface area (Å²) in [5, 5.41) is 0.650. The van der Waals surface area contributed by atoms with E-state index < -0.39 is 5.60 Å². The first-order valence-corrected chi connectivity index (χ1v) is 13.1. The number of nitrogens with zero attached hydrogens (tertiary/aromatic N) is 3.